The molecule has 0 bridgehead atoms. The average Bonchev–Trinajstić information content (AvgIpc) is 2.75. The molecule has 0 saturated heterocycles. The second kappa shape index (κ2) is 12.1. The Bertz CT molecular complexity index is 1140. The summed E-state index contributed by atoms with van der Waals surface area (Å²) >= 11 is 18.3. The molecule has 0 aliphatic rings. The third kappa shape index (κ3) is 7.77. The molecule has 1 atom stereocenters. The van der Waals surface area contributed by atoms with Crippen LogP contribution in [-0.4, -0.2) is 50.5 Å². The molecule has 2 aromatic carbocycles. The predicted molar refractivity (Wildman–Crippen MR) is 138 cm³/mol. The van der Waals surface area contributed by atoms with E-state index in [1.807, 2.05) is 13.8 Å². The number of benzene rings is 2. The summed E-state index contributed by atoms with van der Waals surface area (Å²) in [5, 5.41) is 3.65. The molecular formula is C23H28Cl3N3O4S. The number of carbonyl (C=O) groups is 2. The Kier molecular flexibility index (Phi) is 10.1. The first kappa shape index (κ1) is 28.2. The van der Waals surface area contributed by atoms with Gasteiger partial charge in [-0.15, -0.1) is 0 Å². The number of nitrogens with one attached hydrogen (secondary N) is 1. The molecule has 0 aliphatic heterocycles. The van der Waals surface area contributed by atoms with E-state index in [0.29, 0.717) is 17.1 Å². The Balaban J connectivity index is 2.40. The van der Waals surface area contributed by atoms with Crippen molar-refractivity contribution in [3.05, 3.63) is 63.1 Å². The molecule has 7 nitrogen and oxygen atoms in total. The highest BCUT2D eigenvalue weighted by atomic mass is 35.5. The standard InChI is InChI=1S/C23H28Cl3N3O4S/c1-15(2)12-27-23(31)16(3)28(13-17-7-5-6-8-19(17)24)22(30)14-29(34(4,32)33)18-9-10-20(25)21(26)11-18/h5-11,15-16H,12-14H2,1-4H3,(H,27,31)/t16-/m1/s1. The van der Waals surface area contributed by atoms with Crippen LogP contribution < -0.4 is 9.62 Å². The smallest absolute Gasteiger partial charge is 0.244 e. The minimum Gasteiger partial charge on any atom is -0.354 e. The molecule has 0 aromatic heterocycles. The number of amides is 2. The van der Waals surface area contributed by atoms with Gasteiger partial charge in [-0.05, 0) is 42.7 Å². The van der Waals surface area contributed by atoms with Crippen LogP contribution in [0.2, 0.25) is 15.1 Å². The quantitative estimate of drug-likeness (QED) is 0.470. The van der Waals surface area contributed by atoms with Crippen LogP contribution in [0, 0.1) is 5.92 Å². The molecule has 2 amide bonds. The molecule has 0 unspecified atom stereocenters. The highest BCUT2D eigenvalue weighted by molar-refractivity contribution is 7.92. The van der Waals surface area contributed by atoms with Crippen molar-refractivity contribution in [1.82, 2.24) is 10.2 Å². The van der Waals surface area contributed by atoms with Crippen LogP contribution in [-0.2, 0) is 26.2 Å². The summed E-state index contributed by atoms with van der Waals surface area (Å²) in [5.74, 6) is -0.711. The lowest BCUT2D eigenvalue weighted by Crippen LogP contribution is -2.51. The zero-order valence-electron chi connectivity index (χ0n) is 19.4. The molecule has 11 heteroatoms. The maximum atomic E-state index is 13.5. The van der Waals surface area contributed by atoms with Crippen LogP contribution >= 0.6 is 34.8 Å². The highest BCUT2D eigenvalue weighted by Crippen LogP contribution is 2.29. The van der Waals surface area contributed by atoms with Crippen molar-refractivity contribution in [2.75, 3.05) is 23.7 Å². The normalized spacial score (nSPS) is 12.4. The lowest BCUT2D eigenvalue weighted by molar-refractivity contribution is -0.139. The van der Waals surface area contributed by atoms with Crippen LogP contribution in [0.5, 0.6) is 0 Å². The second-order valence-corrected chi connectivity index (χ2v) is 11.4. The Morgan fingerprint density at radius 3 is 2.18 bits per heavy atom. The van der Waals surface area contributed by atoms with Gasteiger partial charge in [0.1, 0.15) is 12.6 Å². The van der Waals surface area contributed by atoms with Gasteiger partial charge < -0.3 is 10.2 Å². The SMILES string of the molecule is CC(C)CNC(=O)[C@@H](C)N(Cc1ccccc1Cl)C(=O)CN(c1ccc(Cl)c(Cl)c1)S(C)(=O)=O. The Morgan fingerprint density at radius 2 is 1.62 bits per heavy atom. The molecule has 34 heavy (non-hydrogen) atoms. The van der Waals surface area contributed by atoms with Gasteiger partial charge in [0, 0.05) is 18.1 Å². The van der Waals surface area contributed by atoms with E-state index in [-0.39, 0.29) is 34.1 Å². The van der Waals surface area contributed by atoms with Crippen LogP contribution in [0.25, 0.3) is 0 Å². The average molecular weight is 549 g/mol. The van der Waals surface area contributed by atoms with Gasteiger partial charge >= 0.3 is 0 Å². The summed E-state index contributed by atoms with van der Waals surface area (Å²) in [4.78, 5) is 27.6. The van der Waals surface area contributed by atoms with Gasteiger partial charge in [-0.1, -0.05) is 66.8 Å². The summed E-state index contributed by atoms with van der Waals surface area (Å²) in [6.07, 6.45) is 0.986. The topological polar surface area (TPSA) is 86.8 Å². The minimum atomic E-state index is -3.87. The van der Waals surface area contributed by atoms with Crippen molar-refractivity contribution in [2.24, 2.45) is 5.92 Å². The van der Waals surface area contributed by atoms with E-state index in [4.69, 9.17) is 34.8 Å². The Morgan fingerprint density at radius 1 is 0.971 bits per heavy atom. The molecule has 0 aliphatic carbocycles. The third-order valence-corrected chi connectivity index (χ3v) is 7.27. The fourth-order valence-corrected chi connectivity index (χ4v) is 4.43. The fraction of sp³-hybridized carbons (Fsp3) is 0.391. The molecule has 0 spiro atoms. The van der Waals surface area contributed by atoms with Crippen LogP contribution in [0.1, 0.15) is 26.3 Å². The summed E-state index contributed by atoms with van der Waals surface area (Å²) in [6.45, 7) is 5.43. The Labute approximate surface area is 216 Å². The highest BCUT2D eigenvalue weighted by Gasteiger charge is 2.30. The fourth-order valence-electron chi connectivity index (χ4n) is 3.10. The minimum absolute atomic E-state index is 0.0216. The first-order chi connectivity index (χ1) is 15.8. The van der Waals surface area contributed by atoms with Crippen molar-refractivity contribution >= 4 is 62.3 Å². The third-order valence-electron chi connectivity index (χ3n) is 5.02. The summed E-state index contributed by atoms with van der Waals surface area (Å²) in [5.41, 5.74) is 0.807. The molecular weight excluding hydrogens is 521 g/mol. The predicted octanol–water partition coefficient (Wildman–Crippen LogP) is 4.60. The van der Waals surface area contributed by atoms with Crippen molar-refractivity contribution in [3.63, 3.8) is 0 Å². The molecule has 186 valence electrons. The number of rotatable bonds is 10. The molecule has 0 heterocycles. The lowest BCUT2D eigenvalue weighted by Gasteiger charge is -2.32. The number of carbonyl (C=O) groups excluding carboxylic acids is 2. The number of halogens is 3. The number of anilines is 1. The van der Waals surface area contributed by atoms with Crippen LogP contribution in [0.3, 0.4) is 0 Å². The summed E-state index contributed by atoms with van der Waals surface area (Å²) < 4.78 is 26.0. The van der Waals surface area contributed by atoms with Gasteiger partial charge in [0.05, 0.1) is 22.0 Å². The molecule has 0 radical (unpaired) electrons. The number of hydrogen-bond donors (Lipinski definition) is 1. The van der Waals surface area contributed by atoms with Crippen molar-refractivity contribution in [1.29, 1.82) is 0 Å². The molecule has 0 fully saturated rings. The monoisotopic (exact) mass is 547 g/mol. The molecule has 2 aromatic rings. The molecule has 1 N–H and O–H groups in total. The first-order valence-corrected chi connectivity index (χ1v) is 13.5. The van der Waals surface area contributed by atoms with Gasteiger partial charge in [-0.2, -0.15) is 0 Å². The second-order valence-electron chi connectivity index (χ2n) is 8.30. The van der Waals surface area contributed by atoms with E-state index >= 15 is 0 Å². The van der Waals surface area contributed by atoms with E-state index in [1.54, 1.807) is 31.2 Å². The Hall–Kier alpha value is -2.00. The van der Waals surface area contributed by atoms with Crippen molar-refractivity contribution in [3.8, 4) is 0 Å². The first-order valence-electron chi connectivity index (χ1n) is 10.5. The van der Waals surface area contributed by atoms with Gasteiger partial charge in [0.2, 0.25) is 21.8 Å². The zero-order valence-corrected chi connectivity index (χ0v) is 22.5. The van der Waals surface area contributed by atoms with Gasteiger partial charge in [0.25, 0.3) is 0 Å². The van der Waals surface area contributed by atoms with E-state index in [9.17, 15) is 18.0 Å². The van der Waals surface area contributed by atoms with E-state index < -0.39 is 28.5 Å². The van der Waals surface area contributed by atoms with Crippen molar-refractivity contribution in [2.45, 2.75) is 33.4 Å². The summed E-state index contributed by atoms with van der Waals surface area (Å²) in [6, 6.07) is 10.4. The van der Waals surface area contributed by atoms with Gasteiger partial charge in [0.15, 0.2) is 0 Å². The van der Waals surface area contributed by atoms with Crippen LogP contribution in [0.4, 0.5) is 5.69 Å². The lowest BCUT2D eigenvalue weighted by atomic mass is 10.1. The summed E-state index contributed by atoms with van der Waals surface area (Å²) in [7, 11) is -3.87. The largest absolute Gasteiger partial charge is 0.354 e. The van der Waals surface area contributed by atoms with Crippen LogP contribution in [0.15, 0.2) is 42.5 Å². The van der Waals surface area contributed by atoms with Crippen molar-refractivity contribution < 1.29 is 18.0 Å². The van der Waals surface area contributed by atoms with E-state index in [0.717, 1.165) is 10.6 Å². The van der Waals surface area contributed by atoms with E-state index in [2.05, 4.69) is 5.32 Å². The van der Waals surface area contributed by atoms with Gasteiger partial charge in [-0.3, -0.25) is 13.9 Å². The maximum absolute atomic E-state index is 13.5. The number of nitrogens with zero attached hydrogens (tertiary/aromatic N) is 2. The maximum Gasteiger partial charge on any atom is 0.244 e. The van der Waals surface area contributed by atoms with E-state index in [1.165, 1.54) is 23.1 Å². The number of hydrogen-bond acceptors (Lipinski definition) is 4. The molecule has 0 saturated carbocycles. The van der Waals surface area contributed by atoms with Gasteiger partial charge in [-0.25, -0.2) is 8.42 Å². The number of sulfonamides is 1. The zero-order chi connectivity index (χ0) is 25.6. The molecule has 2 rings (SSSR count).